The van der Waals surface area contributed by atoms with E-state index in [9.17, 15) is 0 Å². The largest absolute Gasteiger partial charge is 0.476 e. The lowest BCUT2D eigenvalue weighted by atomic mass is 10.0. The summed E-state index contributed by atoms with van der Waals surface area (Å²) < 4.78 is 11.1. The zero-order chi connectivity index (χ0) is 15.2. The van der Waals surface area contributed by atoms with Crippen molar-refractivity contribution in [2.75, 3.05) is 19.8 Å². The van der Waals surface area contributed by atoms with Crippen molar-refractivity contribution in [2.24, 2.45) is 16.8 Å². The summed E-state index contributed by atoms with van der Waals surface area (Å²) in [7, 11) is 0. The minimum absolute atomic E-state index is 0.00845. The van der Waals surface area contributed by atoms with E-state index in [0.29, 0.717) is 37.0 Å². The van der Waals surface area contributed by atoms with Crippen LogP contribution in [0.25, 0.3) is 0 Å². The fourth-order valence-corrected chi connectivity index (χ4v) is 2.48. The fraction of sp³-hybridized carbons (Fsp3) is 0.643. The molecule has 1 atom stereocenters. The first-order chi connectivity index (χ1) is 10.2. The standard InChI is InChI=1S/C14H22N4O3/c1-3-10-11(4-2)16-17-14(12(10)13(15)18-19)21-8-9-5-6-20-7-9/h9,19H,3-8H2,1-2H3,(H2,15,18). The molecule has 0 saturated carbocycles. The van der Waals surface area contributed by atoms with Gasteiger partial charge in [-0.2, -0.15) is 5.10 Å². The van der Waals surface area contributed by atoms with E-state index in [1.807, 2.05) is 13.8 Å². The summed E-state index contributed by atoms with van der Waals surface area (Å²) in [6, 6.07) is 0. The first-order valence-corrected chi connectivity index (χ1v) is 7.28. The van der Waals surface area contributed by atoms with Gasteiger partial charge >= 0.3 is 0 Å². The van der Waals surface area contributed by atoms with Crippen LogP contribution in [0.2, 0.25) is 0 Å². The Kier molecular flexibility index (Phi) is 5.32. The van der Waals surface area contributed by atoms with E-state index in [-0.39, 0.29) is 5.84 Å². The molecule has 7 heteroatoms. The normalized spacial score (nSPS) is 19.0. The number of aromatic nitrogens is 2. The molecule has 3 N–H and O–H groups in total. The lowest BCUT2D eigenvalue weighted by Crippen LogP contribution is -2.22. The molecule has 116 valence electrons. The Morgan fingerprint density at radius 2 is 2.24 bits per heavy atom. The molecule has 1 aromatic heterocycles. The minimum Gasteiger partial charge on any atom is -0.476 e. The highest BCUT2D eigenvalue weighted by Gasteiger charge is 2.22. The molecule has 1 saturated heterocycles. The number of ether oxygens (including phenoxy) is 2. The molecule has 0 spiro atoms. The zero-order valence-corrected chi connectivity index (χ0v) is 12.5. The average molecular weight is 294 g/mol. The molecule has 1 aromatic rings. The molecule has 7 nitrogen and oxygen atoms in total. The summed E-state index contributed by atoms with van der Waals surface area (Å²) in [5.41, 5.74) is 8.11. The van der Waals surface area contributed by atoms with Gasteiger partial charge in [-0.15, -0.1) is 5.10 Å². The molecule has 2 heterocycles. The molecular weight excluding hydrogens is 272 g/mol. The molecule has 1 fully saturated rings. The maximum Gasteiger partial charge on any atom is 0.244 e. The van der Waals surface area contributed by atoms with Gasteiger partial charge in [0.2, 0.25) is 5.88 Å². The van der Waals surface area contributed by atoms with Gasteiger partial charge in [-0.25, -0.2) is 0 Å². The van der Waals surface area contributed by atoms with Gasteiger partial charge in [0, 0.05) is 12.5 Å². The van der Waals surface area contributed by atoms with Crippen molar-refractivity contribution >= 4 is 5.84 Å². The highest BCUT2D eigenvalue weighted by molar-refractivity contribution is 6.00. The van der Waals surface area contributed by atoms with E-state index in [1.54, 1.807) is 0 Å². The lowest BCUT2D eigenvalue weighted by molar-refractivity contribution is 0.165. The summed E-state index contributed by atoms with van der Waals surface area (Å²) in [5.74, 6) is 0.684. The molecule has 1 unspecified atom stereocenters. The number of nitrogens with zero attached hydrogens (tertiary/aromatic N) is 3. The van der Waals surface area contributed by atoms with Gasteiger partial charge in [-0.1, -0.05) is 19.0 Å². The van der Waals surface area contributed by atoms with Crippen LogP contribution in [0.1, 0.15) is 37.1 Å². The number of hydrogen-bond donors (Lipinski definition) is 2. The summed E-state index contributed by atoms with van der Waals surface area (Å²) in [4.78, 5) is 0. The summed E-state index contributed by atoms with van der Waals surface area (Å²) >= 11 is 0. The third-order valence-corrected chi connectivity index (χ3v) is 3.66. The number of rotatable bonds is 6. The van der Waals surface area contributed by atoms with E-state index in [4.69, 9.17) is 20.4 Å². The lowest BCUT2D eigenvalue weighted by Gasteiger charge is -2.16. The van der Waals surface area contributed by atoms with Gasteiger partial charge in [-0.3, -0.25) is 0 Å². The Morgan fingerprint density at radius 1 is 1.43 bits per heavy atom. The predicted octanol–water partition coefficient (Wildman–Crippen LogP) is 1.11. The van der Waals surface area contributed by atoms with Crippen molar-refractivity contribution in [3.63, 3.8) is 0 Å². The second-order valence-corrected chi connectivity index (χ2v) is 5.04. The van der Waals surface area contributed by atoms with Crippen molar-refractivity contribution in [3.8, 4) is 5.88 Å². The molecule has 2 rings (SSSR count). The van der Waals surface area contributed by atoms with Crippen molar-refractivity contribution < 1.29 is 14.7 Å². The number of aryl methyl sites for hydroxylation is 1. The Balaban J connectivity index is 2.30. The van der Waals surface area contributed by atoms with E-state index in [2.05, 4.69) is 15.4 Å². The minimum atomic E-state index is 0.00845. The Hall–Kier alpha value is -1.89. The van der Waals surface area contributed by atoms with Crippen LogP contribution >= 0.6 is 0 Å². The topological polar surface area (TPSA) is 103 Å². The number of oxime groups is 1. The number of nitrogens with two attached hydrogens (primary N) is 1. The quantitative estimate of drug-likeness (QED) is 0.352. The van der Waals surface area contributed by atoms with Crippen molar-refractivity contribution in [3.05, 3.63) is 16.8 Å². The monoisotopic (exact) mass is 294 g/mol. The molecule has 0 radical (unpaired) electrons. The third kappa shape index (κ3) is 3.41. The van der Waals surface area contributed by atoms with Gasteiger partial charge in [0.15, 0.2) is 5.84 Å². The van der Waals surface area contributed by atoms with E-state index < -0.39 is 0 Å². The molecule has 0 aliphatic carbocycles. The predicted molar refractivity (Wildman–Crippen MR) is 77.7 cm³/mol. The van der Waals surface area contributed by atoms with E-state index in [1.165, 1.54) is 0 Å². The van der Waals surface area contributed by atoms with Crippen molar-refractivity contribution in [2.45, 2.75) is 33.1 Å². The Bertz CT molecular complexity index is 513. The Labute approximate surface area is 124 Å². The van der Waals surface area contributed by atoms with Gasteiger partial charge in [-0.05, 0) is 24.8 Å². The maximum atomic E-state index is 9.02. The van der Waals surface area contributed by atoms with Gasteiger partial charge in [0.1, 0.15) is 0 Å². The third-order valence-electron chi connectivity index (χ3n) is 3.66. The van der Waals surface area contributed by atoms with Gasteiger partial charge in [0.25, 0.3) is 0 Å². The Morgan fingerprint density at radius 3 is 2.81 bits per heavy atom. The summed E-state index contributed by atoms with van der Waals surface area (Å²) in [6.07, 6.45) is 2.42. The average Bonchev–Trinajstić information content (AvgIpc) is 3.04. The molecule has 21 heavy (non-hydrogen) atoms. The summed E-state index contributed by atoms with van der Waals surface area (Å²) in [5, 5.41) is 20.4. The van der Waals surface area contributed by atoms with E-state index in [0.717, 1.165) is 30.7 Å². The summed E-state index contributed by atoms with van der Waals surface area (Å²) in [6.45, 7) is 5.95. The molecule has 0 aromatic carbocycles. The van der Waals surface area contributed by atoms with E-state index >= 15 is 0 Å². The van der Waals surface area contributed by atoms with Crippen LogP contribution in [-0.2, 0) is 17.6 Å². The highest BCUT2D eigenvalue weighted by atomic mass is 16.5. The van der Waals surface area contributed by atoms with Gasteiger partial charge in [0.05, 0.1) is 24.5 Å². The number of hydrogen-bond acceptors (Lipinski definition) is 6. The van der Waals surface area contributed by atoms with Crippen molar-refractivity contribution in [1.82, 2.24) is 10.2 Å². The van der Waals surface area contributed by atoms with Crippen LogP contribution in [0.15, 0.2) is 5.16 Å². The maximum absolute atomic E-state index is 9.02. The fourth-order valence-electron chi connectivity index (χ4n) is 2.48. The SMILES string of the molecule is CCc1nnc(OCC2CCOC2)c(C(N)=NO)c1CC. The highest BCUT2D eigenvalue weighted by Crippen LogP contribution is 2.24. The molecule has 1 aliphatic rings. The van der Waals surface area contributed by atoms with Crippen LogP contribution < -0.4 is 10.5 Å². The molecule has 1 aliphatic heterocycles. The first-order valence-electron chi connectivity index (χ1n) is 7.28. The second kappa shape index (κ2) is 7.21. The smallest absolute Gasteiger partial charge is 0.244 e. The molecule has 0 amide bonds. The zero-order valence-electron chi connectivity index (χ0n) is 12.5. The van der Waals surface area contributed by atoms with Crippen LogP contribution in [0.5, 0.6) is 5.88 Å². The molecular formula is C14H22N4O3. The second-order valence-electron chi connectivity index (χ2n) is 5.04. The van der Waals surface area contributed by atoms with Crippen LogP contribution in [-0.4, -0.2) is 41.1 Å². The van der Waals surface area contributed by atoms with Crippen LogP contribution in [0.4, 0.5) is 0 Å². The van der Waals surface area contributed by atoms with Crippen LogP contribution in [0, 0.1) is 5.92 Å². The van der Waals surface area contributed by atoms with Gasteiger partial charge < -0.3 is 20.4 Å². The van der Waals surface area contributed by atoms with Crippen LogP contribution in [0.3, 0.4) is 0 Å². The number of amidine groups is 1. The first kappa shape index (κ1) is 15.5. The molecule has 0 bridgehead atoms. The van der Waals surface area contributed by atoms with Crippen molar-refractivity contribution in [1.29, 1.82) is 0 Å².